The molecule has 0 saturated carbocycles. The Morgan fingerprint density at radius 1 is 0.895 bits per heavy atom. The van der Waals surface area contributed by atoms with E-state index in [9.17, 15) is 0 Å². The first kappa shape index (κ1) is 26.6. The third-order valence-electron chi connectivity index (χ3n) is 6.21. The molecule has 0 unspecified atom stereocenters. The van der Waals surface area contributed by atoms with Gasteiger partial charge in [0, 0.05) is 30.9 Å². The molecule has 38 heavy (non-hydrogen) atoms. The molecule has 0 fully saturated rings. The molecular weight excluding hydrogens is 578 g/mol. The Balaban J connectivity index is 1.49. The summed E-state index contributed by atoms with van der Waals surface area (Å²) in [5.74, 6) is 0.584. The van der Waals surface area contributed by atoms with Gasteiger partial charge in [-0.1, -0.05) is 85.8 Å². The third-order valence-corrected chi connectivity index (χ3v) is 8.66. The largest absolute Gasteiger partial charge is 0.424 e. The number of pyridine rings is 1. The van der Waals surface area contributed by atoms with Crippen LogP contribution in [0.5, 0.6) is 11.8 Å². The second-order valence-electron chi connectivity index (χ2n) is 10.4. The van der Waals surface area contributed by atoms with Crippen LogP contribution in [0.1, 0.15) is 0 Å². The summed E-state index contributed by atoms with van der Waals surface area (Å²) in [6, 6.07) is 26.1. The molecule has 0 radical (unpaired) electrons. The summed E-state index contributed by atoms with van der Waals surface area (Å²) in [6.45, 7) is 8.02. The Hall–Kier alpha value is -2.97. The highest BCUT2D eigenvalue weighted by molar-refractivity contribution is 9.10. The van der Waals surface area contributed by atoms with Crippen LogP contribution in [0.15, 0.2) is 89.7 Å². The lowest BCUT2D eigenvalue weighted by Crippen LogP contribution is -2.22. The van der Waals surface area contributed by atoms with Crippen molar-refractivity contribution in [3.05, 3.63) is 94.7 Å². The lowest BCUT2D eigenvalue weighted by atomic mass is 10.00. The zero-order valence-electron chi connectivity index (χ0n) is 21.6. The van der Waals surface area contributed by atoms with Crippen molar-refractivity contribution in [1.29, 1.82) is 0 Å². The fourth-order valence-electron chi connectivity index (χ4n) is 4.11. The summed E-state index contributed by atoms with van der Waals surface area (Å²) in [7, 11) is -1.21. The number of halogens is 2. The number of rotatable bonds is 9. The summed E-state index contributed by atoms with van der Waals surface area (Å²) in [5.41, 5.74) is 5.91. The van der Waals surface area contributed by atoms with Crippen LogP contribution in [-0.2, 0) is 11.5 Å². The van der Waals surface area contributed by atoms with E-state index in [2.05, 4.69) is 77.0 Å². The van der Waals surface area contributed by atoms with Gasteiger partial charge in [-0.15, -0.1) is 0 Å². The van der Waals surface area contributed by atoms with Gasteiger partial charge in [0.2, 0.25) is 0 Å². The minimum atomic E-state index is -1.21. The van der Waals surface area contributed by atoms with Crippen molar-refractivity contribution in [2.24, 2.45) is 0 Å². The van der Waals surface area contributed by atoms with Gasteiger partial charge in [-0.2, -0.15) is 4.98 Å². The fourth-order valence-corrected chi connectivity index (χ4v) is 5.48. The van der Waals surface area contributed by atoms with Crippen LogP contribution in [0, 0.1) is 0 Å². The zero-order chi connectivity index (χ0) is 26.7. The number of hydrogen-bond acceptors (Lipinski definition) is 4. The SMILES string of the molecule is C[Si](C)(C)CCOCn1c(Oc2cncc(Br)c2)nc2cc(-c3ccc(-c4ccccc4)cc3)c(Cl)cc21. The molecular formula is C30H29BrClN3O2Si. The van der Waals surface area contributed by atoms with Crippen molar-refractivity contribution >= 4 is 46.6 Å². The van der Waals surface area contributed by atoms with E-state index in [4.69, 9.17) is 26.1 Å². The van der Waals surface area contributed by atoms with Crippen molar-refractivity contribution in [3.8, 4) is 34.0 Å². The van der Waals surface area contributed by atoms with Gasteiger partial charge in [-0.3, -0.25) is 9.55 Å². The van der Waals surface area contributed by atoms with Gasteiger partial charge < -0.3 is 9.47 Å². The number of imidazole rings is 1. The fraction of sp³-hybridized carbons (Fsp3) is 0.200. The molecule has 0 saturated heterocycles. The Labute approximate surface area is 237 Å². The van der Waals surface area contributed by atoms with Crippen molar-refractivity contribution in [1.82, 2.24) is 14.5 Å². The number of nitrogens with zero attached hydrogens (tertiary/aromatic N) is 3. The standard InChI is InChI=1S/C30H29BrClN3O2Si/c1-38(2,3)14-13-36-20-35-29-17-27(32)26(23-11-9-22(10-12-23)21-7-5-4-6-8-21)16-28(29)34-30(35)37-25-15-24(31)18-33-19-25/h4-12,15-19H,13-14,20H2,1-3H3. The molecule has 5 aromatic rings. The quantitative estimate of drug-likeness (QED) is 0.124. The maximum absolute atomic E-state index is 6.84. The highest BCUT2D eigenvalue weighted by atomic mass is 79.9. The van der Waals surface area contributed by atoms with Crippen LogP contribution < -0.4 is 4.74 Å². The van der Waals surface area contributed by atoms with Crippen LogP contribution in [0.3, 0.4) is 0 Å². The number of aromatic nitrogens is 3. The normalized spacial score (nSPS) is 11.7. The predicted molar refractivity (Wildman–Crippen MR) is 162 cm³/mol. The predicted octanol–water partition coefficient (Wildman–Crippen LogP) is 9.29. The average molecular weight is 607 g/mol. The molecule has 5 nitrogen and oxygen atoms in total. The minimum absolute atomic E-state index is 0.319. The van der Waals surface area contributed by atoms with E-state index in [0.29, 0.717) is 30.1 Å². The molecule has 0 aliphatic rings. The maximum atomic E-state index is 6.84. The second kappa shape index (κ2) is 11.4. The lowest BCUT2D eigenvalue weighted by Gasteiger charge is -2.16. The van der Waals surface area contributed by atoms with Gasteiger partial charge in [0.05, 0.1) is 22.3 Å². The molecule has 194 valence electrons. The maximum Gasteiger partial charge on any atom is 0.304 e. The highest BCUT2D eigenvalue weighted by Gasteiger charge is 2.18. The Kier molecular flexibility index (Phi) is 8.00. The summed E-state index contributed by atoms with van der Waals surface area (Å²) in [6.07, 6.45) is 3.37. The van der Waals surface area contributed by atoms with E-state index < -0.39 is 8.07 Å². The summed E-state index contributed by atoms with van der Waals surface area (Å²) < 4.78 is 15.0. The van der Waals surface area contributed by atoms with Crippen LogP contribution >= 0.6 is 27.5 Å². The minimum Gasteiger partial charge on any atom is -0.424 e. The molecule has 0 bridgehead atoms. The van der Waals surface area contributed by atoms with Crippen LogP contribution in [0.2, 0.25) is 30.7 Å². The van der Waals surface area contributed by atoms with Gasteiger partial charge in [0.15, 0.2) is 0 Å². The van der Waals surface area contributed by atoms with Crippen LogP contribution in [0.4, 0.5) is 0 Å². The molecule has 0 amide bonds. The van der Waals surface area contributed by atoms with Crippen molar-refractivity contribution in [3.63, 3.8) is 0 Å². The zero-order valence-corrected chi connectivity index (χ0v) is 25.0. The van der Waals surface area contributed by atoms with Crippen molar-refractivity contribution in [2.75, 3.05) is 6.61 Å². The number of fused-ring (bicyclic) bond motifs is 1. The van der Waals surface area contributed by atoms with Crippen LogP contribution in [-0.4, -0.2) is 29.2 Å². The molecule has 2 aromatic heterocycles. The molecule has 3 aromatic carbocycles. The molecule has 0 spiro atoms. The Morgan fingerprint density at radius 2 is 1.61 bits per heavy atom. The first-order valence-electron chi connectivity index (χ1n) is 12.5. The first-order valence-corrected chi connectivity index (χ1v) is 17.4. The van der Waals surface area contributed by atoms with Gasteiger partial charge in [-0.05, 0) is 56.9 Å². The molecule has 2 heterocycles. The van der Waals surface area contributed by atoms with Gasteiger partial charge >= 0.3 is 6.01 Å². The van der Waals surface area contributed by atoms with E-state index in [0.717, 1.165) is 38.2 Å². The van der Waals surface area contributed by atoms with Crippen molar-refractivity contribution < 1.29 is 9.47 Å². The lowest BCUT2D eigenvalue weighted by molar-refractivity contribution is 0.0850. The second-order valence-corrected chi connectivity index (χ2v) is 17.3. The molecule has 0 N–H and O–H groups in total. The van der Waals surface area contributed by atoms with E-state index >= 15 is 0 Å². The van der Waals surface area contributed by atoms with Gasteiger partial charge in [0.25, 0.3) is 0 Å². The molecule has 8 heteroatoms. The van der Waals surface area contributed by atoms with Gasteiger partial charge in [0.1, 0.15) is 12.5 Å². The van der Waals surface area contributed by atoms with Crippen LogP contribution in [0.25, 0.3) is 33.3 Å². The Morgan fingerprint density at radius 3 is 2.32 bits per heavy atom. The third kappa shape index (κ3) is 6.35. The summed E-state index contributed by atoms with van der Waals surface area (Å²) in [5, 5.41) is 0.642. The number of ether oxygens (including phenoxy) is 2. The van der Waals surface area contributed by atoms with E-state index in [1.54, 1.807) is 12.4 Å². The molecule has 0 aliphatic carbocycles. The Bertz CT molecular complexity index is 1550. The first-order chi connectivity index (χ1) is 18.3. The van der Waals surface area contributed by atoms with Gasteiger partial charge in [-0.25, -0.2) is 0 Å². The summed E-state index contributed by atoms with van der Waals surface area (Å²) >= 11 is 10.3. The topological polar surface area (TPSA) is 49.2 Å². The van der Waals surface area contributed by atoms with E-state index in [1.165, 1.54) is 5.56 Å². The highest BCUT2D eigenvalue weighted by Crippen LogP contribution is 2.36. The molecule has 0 aliphatic heterocycles. The van der Waals surface area contributed by atoms with Crippen molar-refractivity contribution in [2.45, 2.75) is 32.4 Å². The summed E-state index contributed by atoms with van der Waals surface area (Å²) in [4.78, 5) is 9.03. The monoisotopic (exact) mass is 605 g/mol. The molecule has 5 rings (SSSR count). The average Bonchev–Trinajstić information content (AvgIpc) is 3.21. The van der Waals surface area contributed by atoms with E-state index in [1.807, 2.05) is 41.0 Å². The number of hydrogen-bond donors (Lipinski definition) is 0. The van der Waals surface area contributed by atoms with E-state index in [-0.39, 0.29) is 0 Å². The molecule has 0 atom stereocenters. The smallest absolute Gasteiger partial charge is 0.304 e. The number of benzene rings is 3.